The van der Waals surface area contributed by atoms with E-state index in [2.05, 4.69) is 57.5 Å². The molecule has 0 aromatic carbocycles. The maximum absolute atomic E-state index is 11.8. The lowest BCUT2D eigenvalue weighted by Gasteiger charge is -2.20. The maximum atomic E-state index is 11.8. The van der Waals surface area contributed by atoms with Crippen LogP contribution in [0.5, 0.6) is 0 Å². The van der Waals surface area contributed by atoms with Crippen LogP contribution in [0.3, 0.4) is 0 Å². The quantitative estimate of drug-likeness (QED) is 0.0214. The molecule has 0 aliphatic carbocycles. The minimum Gasteiger partial charge on any atom is -0.481 e. The summed E-state index contributed by atoms with van der Waals surface area (Å²) in [6.07, 6.45) is 22.7. The van der Waals surface area contributed by atoms with Crippen LogP contribution in [0.4, 0.5) is 14.4 Å². The van der Waals surface area contributed by atoms with E-state index in [1.165, 1.54) is 19.3 Å². The third-order valence-electron chi connectivity index (χ3n) is 20.4. The van der Waals surface area contributed by atoms with Gasteiger partial charge in [-0.05, 0) is 196 Å². The number of hydrogen-bond donors (Lipinski definition) is 5. The molecule has 0 saturated carbocycles. The summed E-state index contributed by atoms with van der Waals surface area (Å²) in [6.45, 7) is 44.5. The van der Waals surface area contributed by atoms with Crippen molar-refractivity contribution in [3.63, 3.8) is 0 Å². The van der Waals surface area contributed by atoms with Gasteiger partial charge < -0.3 is 83.0 Å². The molecule has 30 heteroatoms. The van der Waals surface area contributed by atoms with E-state index in [1.54, 1.807) is 27.7 Å². The molecule has 0 aromatic heterocycles. The van der Waals surface area contributed by atoms with E-state index in [4.69, 9.17) is 67.1 Å². The van der Waals surface area contributed by atoms with E-state index in [0.29, 0.717) is 141 Å². The van der Waals surface area contributed by atoms with Gasteiger partial charge in [-0.15, -0.1) is 0 Å². The second-order valence-electron chi connectivity index (χ2n) is 32.7. The first-order chi connectivity index (χ1) is 56.1. The summed E-state index contributed by atoms with van der Waals surface area (Å²) >= 11 is 0. The Labute approximate surface area is 715 Å². The molecule has 0 bridgehead atoms. The number of alkyl carbamates (subject to hydrolysis) is 3. The molecule has 0 radical (unpaired) electrons. The van der Waals surface area contributed by atoms with Crippen LogP contribution in [-0.2, 0) is 105 Å². The normalized spacial score (nSPS) is 11.9. The minimum absolute atomic E-state index is 0.0128. The summed E-state index contributed by atoms with van der Waals surface area (Å²) in [6, 6.07) is 0. The van der Waals surface area contributed by atoms with Crippen molar-refractivity contribution in [1.29, 1.82) is 0 Å². The van der Waals surface area contributed by atoms with E-state index in [-0.39, 0.29) is 107 Å². The van der Waals surface area contributed by atoms with Crippen LogP contribution in [0, 0.1) is 44.8 Å². The lowest BCUT2D eigenvalue weighted by Crippen LogP contribution is -2.32. The van der Waals surface area contributed by atoms with Crippen molar-refractivity contribution in [2.75, 3.05) is 106 Å². The highest BCUT2D eigenvalue weighted by atomic mass is 16.6. The van der Waals surface area contributed by atoms with Crippen molar-refractivity contribution < 1.29 is 129 Å². The highest BCUT2D eigenvalue weighted by Crippen LogP contribution is 2.25. The highest BCUT2D eigenvalue weighted by Gasteiger charge is 2.30. The smallest absolute Gasteiger partial charge is 0.407 e. The number of nitrogens with one attached hydrogen (secondary N) is 3. The van der Waals surface area contributed by atoms with Gasteiger partial charge in [0.25, 0.3) is 0 Å². The number of carbonyl (C=O) groups excluding carboxylic acids is 11. The molecule has 0 aromatic rings. The summed E-state index contributed by atoms with van der Waals surface area (Å²) < 4.78 is 61.8. The van der Waals surface area contributed by atoms with Crippen molar-refractivity contribution >= 4 is 78.0 Å². The zero-order chi connectivity index (χ0) is 91.6. The number of ether oxygens (including phenoxy) is 12. The van der Waals surface area contributed by atoms with E-state index in [9.17, 15) is 62.3 Å². The van der Waals surface area contributed by atoms with Crippen LogP contribution in [-0.4, -0.2) is 194 Å². The minimum atomic E-state index is -1.05. The van der Waals surface area contributed by atoms with Crippen molar-refractivity contribution in [3.05, 3.63) is 0 Å². The predicted octanol–water partition coefficient (Wildman–Crippen LogP) is 17.9. The summed E-state index contributed by atoms with van der Waals surface area (Å²) in [5, 5.41) is 24.5. The Balaban J connectivity index is -0.000000477. The Morgan fingerprint density at radius 2 is 0.538 bits per heavy atom. The largest absolute Gasteiger partial charge is 0.481 e. The zero-order valence-corrected chi connectivity index (χ0v) is 77.6. The first-order valence-corrected chi connectivity index (χ1v) is 44.1. The van der Waals surface area contributed by atoms with Crippen molar-refractivity contribution in [2.24, 2.45) is 44.8 Å². The first kappa shape index (κ1) is 120. The molecule has 3 amide bonds. The van der Waals surface area contributed by atoms with Crippen LogP contribution in [0.1, 0.15) is 344 Å². The maximum Gasteiger partial charge on any atom is 0.407 e. The molecule has 0 fully saturated rings. The Morgan fingerprint density at radius 3 is 0.798 bits per heavy atom. The number of carbonyl (C=O) groups is 13. The van der Waals surface area contributed by atoms with Crippen molar-refractivity contribution in [3.8, 4) is 0 Å². The number of esters is 8. The molecule has 3 atom stereocenters. The monoisotopic (exact) mass is 1710 g/mol. The average molecular weight is 1710 g/mol. The number of amides is 3. The number of carboxylic acid groups (broad SMARTS) is 2. The fraction of sp³-hybridized carbons (Fsp3) is 0.854. The lowest BCUT2D eigenvalue weighted by atomic mass is 9.91. The fourth-order valence-electron chi connectivity index (χ4n) is 9.03. The van der Waals surface area contributed by atoms with Gasteiger partial charge in [0.05, 0.1) is 106 Å². The van der Waals surface area contributed by atoms with Gasteiger partial charge >= 0.3 is 78.0 Å². The number of unbranched alkanes of at least 4 members (excludes halogenated alkanes) is 9. The van der Waals surface area contributed by atoms with Crippen LogP contribution in [0.2, 0.25) is 0 Å². The van der Waals surface area contributed by atoms with Gasteiger partial charge in [-0.1, -0.05) is 134 Å². The number of aliphatic carboxylic acids is 2. The van der Waals surface area contributed by atoms with E-state index < -0.39 is 63.3 Å². The van der Waals surface area contributed by atoms with Crippen LogP contribution in [0.25, 0.3) is 0 Å². The molecule has 698 valence electrons. The molecule has 5 N–H and O–H groups in total. The molecule has 0 heterocycles. The summed E-state index contributed by atoms with van der Waals surface area (Å²) in [5.41, 5.74) is -2.60. The van der Waals surface area contributed by atoms with E-state index in [0.717, 1.165) is 96.3 Å². The molecule has 0 aliphatic heterocycles. The van der Waals surface area contributed by atoms with Gasteiger partial charge in [-0.2, -0.15) is 0 Å². The molecule has 30 nitrogen and oxygen atoms in total. The Morgan fingerprint density at radius 1 is 0.269 bits per heavy atom. The Hall–Kier alpha value is -7.53. The summed E-state index contributed by atoms with van der Waals surface area (Å²) in [7, 11) is 0. The molecule has 0 saturated heterocycles. The van der Waals surface area contributed by atoms with Gasteiger partial charge in [0.15, 0.2) is 0 Å². The molecule has 0 spiro atoms. The molecular formula is C89H165N3O27. The molecule has 3 unspecified atom stereocenters. The number of hydrogen-bond acceptors (Lipinski definition) is 25. The van der Waals surface area contributed by atoms with Crippen LogP contribution >= 0.6 is 0 Å². The standard InChI is InChI=1S/C25H47NO7.2C23H43NO6.C12H20O6.C6H12O2/c1-6-9-13-21(7-2)20-33-22(27)14-11-10-12-16-32-24(29)26-15-17-30-18-19-31-23(28)25(4,5)8-3;2*1-6-9-13-19(7-2)18-30-20(25)14-11-10-12-16-29-22(27)24-15-17-28-21(26)23(4,5)8-3;1-4-12(2,3)11(16)18-8-7-17-10(15)6-5-9(13)14;1-4-6(2,3)5(7)8/h21H,6-20H2,1-5H3,(H,26,29);2*19H,6-18H2,1-5H3,(H,24,27);4-8H2,1-3H3,(H,13,14);4H2,1-3H3,(H,7,8). The lowest BCUT2D eigenvalue weighted by molar-refractivity contribution is -0.159. The van der Waals surface area contributed by atoms with Gasteiger partial charge in [-0.3, -0.25) is 47.9 Å². The molecule has 119 heavy (non-hydrogen) atoms. The second kappa shape index (κ2) is 75.4. The summed E-state index contributed by atoms with van der Waals surface area (Å²) in [5.74, 6) is -2.57. The van der Waals surface area contributed by atoms with Crippen molar-refractivity contribution in [1.82, 2.24) is 16.0 Å². The van der Waals surface area contributed by atoms with Gasteiger partial charge in [0, 0.05) is 25.8 Å². The highest BCUT2D eigenvalue weighted by molar-refractivity contribution is 5.78. The Bertz CT molecular complexity index is 2630. The first-order valence-electron chi connectivity index (χ1n) is 44.1. The predicted molar refractivity (Wildman–Crippen MR) is 457 cm³/mol. The molecular weight excluding hydrogens is 1540 g/mol. The fourth-order valence-corrected chi connectivity index (χ4v) is 9.03. The van der Waals surface area contributed by atoms with Gasteiger partial charge in [-0.25, -0.2) is 14.4 Å². The molecule has 0 rings (SSSR count). The van der Waals surface area contributed by atoms with E-state index in [1.807, 2.05) is 76.2 Å². The molecule has 0 aliphatic rings. The van der Waals surface area contributed by atoms with Crippen molar-refractivity contribution in [2.45, 2.75) is 344 Å². The summed E-state index contributed by atoms with van der Waals surface area (Å²) in [4.78, 5) is 149. The number of rotatable bonds is 64. The third kappa shape index (κ3) is 73.0. The Kier molecular flexibility index (Phi) is 76.1. The SMILES string of the molecule is CCC(C)(C)C(=O)O.CCC(C)(C)C(=O)OCCOC(=O)CCC(=O)O.CCCCC(CC)COC(=O)CCCCCOC(=O)NCCOC(=O)C(C)(C)CC.CCCCC(CC)COC(=O)CCCCCOC(=O)NCCOC(=O)C(C)(C)CC.CCCCC(CC)COC(=O)CCCCCOC(=O)NCCOCCOC(=O)C(C)(C)CC. The van der Waals surface area contributed by atoms with Gasteiger partial charge in [0.2, 0.25) is 0 Å². The van der Waals surface area contributed by atoms with Crippen LogP contribution < -0.4 is 16.0 Å². The van der Waals surface area contributed by atoms with Crippen LogP contribution in [0.15, 0.2) is 0 Å². The third-order valence-corrected chi connectivity index (χ3v) is 20.4. The average Bonchev–Trinajstić information content (AvgIpc) is 0.921. The zero-order valence-electron chi connectivity index (χ0n) is 77.6. The number of carboxylic acids is 2. The second-order valence-corrected chi connectivity index (χ2v) is 32.7. The van der Waals surface area contributed by atoms with E-state index >= 15 is 0 Å². The van der Waals surface area contributed by atoms with Gasteiger partial charge in [0.1, 0.15) is 33.0 Å². The topological polar surface area (TPSA) is 409 Å².